The SMILES string of the molecule is FC1C=CNC2=NC=CC21. The van der Waals surface area contributed by atoms with E-state index in [1.807, 2.05) is 0 Å². The number of halogens is 1. The van der Waals surface area contributed by atoms with Gasteiger partial charge in [0.15, 0.2) is 0 Å². The molecular weight excluding hydrogens is 131 g/mol. The molecule has 2 aliphatic rings. The average Bonchev–Trinajstić information content (AvgIpc) is 2.36. The standard InChI is InChI=1S/C7H7FN2/c8-6-2-4-10-7-5(6)1-3-9-7/h1-6H,(H,9,10). The minimum Gasteiger partial charge on any atom is -0.350 e. The van der Waals surface area contributed by atoms with Crippen LogP contribution in [0.4, 0.5) is 4.39 Å². The summed E-state index contributed by atoms with van der Waals surface area (Å²) in [7, 11) is 0. The number of rotatable bonds is 0. The van der Waals surface area contributed by atoms with E-state index in [1.54, 1.807) is 18.5 Å². The van der Waals surface area contributed by atoms with Gasteiger partial charge in [-0.15, -0.1) is 0 Å². The highest BCUT2D eigenvalue weighted by molar-refractivity contribution is 5.90. The lowest BCUT2D eigenvalue weighted by molar-refractivity contribution is 0.362. The molecule has 0 saturated carbocycles. The summed E-state index contributed by atoms with van der Waals surface area (Å²) in [4.78, 5) is 3.94. The predicted octanol–water partition coefficient (Wildman–Crippen LogP) is 0.983. The Morgan fingerprint density at radius 1 is 1.50 bits per heavy atom. The van der Waals surface area contributed by atoms with Crippen LogP contribution in [0.3, 0.4) is 0 Å². The van der Waals surface area contributed by atoms with Crippen LogP contribution in [-0.2, 0) is 0 Å². The van der Waals surface area contributed by atoms with E-state index in [0.29, 0.717) is 0 Å². The molecule has 0 amide bonds. The van der Waals surface area contributed by atoms with Gasteiger partial charge in [-0.3, -0.25) is 0 Å². The van der Waals surface area contributed by atoms with Crippen molar-refractivity contribution in [1.29, 1.82) is 0 Å². The minimum atomic E-state index is -0.904. The molecule has 0 fully saturated rings. The molecule has 0 saturated heterocycles. The third-order valence-corrected chi connectivity index (χ3v) is 1.68. The average molecular weight is 138 g/mol. The van der Waals surface area contributed by atoms with E-state index in [-0.39, 0.29) is 5.92 Å². The molecule has 2 unspecified atom stereocenters. The third kappa shape index (κ3) is 0.667. The molecule has 0 radical (unpaired) electrons. The maximum atomic E-state index is 12.9. The van der Waals surface area contributed by atoms with Gasteiger partial charge in [-0.25, -0.2) is 9.38 Å². The molecule has 2 aliphatic heterocycles. The molecule has 0 aliphatic carbocycles. The van der Waals surface area contributed by atoms with E-state index in [4.69, 9.17) is 0 Å². The first-order valence-electron chi connectivity index (χ1n) is 3.19. The highest BCUT2D eigenvalue weighted by Gasteiger charge is 2.26. The molecule has 2 nitrogen and oxygen atoms in total. The summed E-state index contributed by atoms with van der Waals surface area (Å²) >= 11 is 0. The van der Waals surface area contributed by atoms with Gasteiger partial charge in [0.05, 0.1) is 5.92 Å². The summed E-state index contributed by atoms with van der Waals surface area (Å²) in [6.45, 7) is 0. The first-order chi connectivity index (χ1) is 4.88. The fourth-order valence-corrected chi connectivity index (χ4v) is 1.13. The van der Waals surface area contributed by atoms with Crippen LogP contribution < -0.4 is 5.32 Å². The molecule has 0 spiro atoms. The van der Waals surface area contributed by atoms with Gasteiger partial charge < -0.3 is 5.32 Å². The highest BCUT2D eigenvalue weighted by atomic mass is 19.1. The Bertz CT molecular complexity index is 230. The van der Waals surface area contributed by atoms with Crippen LogP contribution in [0.25, 0.3) is 0 Å². The fraction of sp³-hybridized carbons (Fsp3) is 0.286. The quantitative estimate of drug-likeness (QED) is 0.530. The van der Waals surface area contributed by atoms with Crippen LogP contribution in [-0.4, -0.2) is 12.0 Å². The van der Waals surface area contributed by atoms with Crippen molar-refractivity contribution in [2.75, 3.05) is 0 Å². The first kappa shape index (κ1) is 5.65. The lowest BCUT2D eigenvalue weighted by Gasteiger charge is -2.17. The van der Waals surface area contributed by atoms with Gasteiger partial charge in [0.1, 0.15) is 12.0 Å². The van der Waals surface area contributed by atoms with Crippen molar-refractivity contribution in [3.63, 3.8) is 0 Å². The molecular formula is C7H7FN2. The number of alkyl halides is 1. The van der Waals surface area contributed by atoms with Crippen LogP contribution >= 0.6 is 0 Å². The highest BCUT2D eigenvalue weighted by Crippen LogP contribution is 2.19. The number of allylic oxidation sites excluding steroid dienone is 1. The Balaban J connectivity index is 2.31. The van der Waals surface area contributed by atoms with Crippen LogP contribution in [0.15, 0.2) is 29.5 Å². The maximum Gasteiger partial charge on any atom is 0.133 e. The Morgan fingerprint density at radius 2 is 2.40 bits per heavy atom. The first-order valence-corrected chi connectivity index (χ1v) is 3.19. The van der Waals surface area contributed by atoms with E-state index in [2.05, 4.69) is 10.3 Å². The van der Waals surface area contributed by atoms with Crippen LogP contribution in [0.5, 0.6) is 0 Å². The van der Waals surface area contributed by atoms with Crippen molar-refractivity contribution in [3.05, 3.63) is 24.6 Å². The molecule has 2 rings (SSSR count). The lowest BCUT2D eigenvalue weighted by Crippen LogP contribution is -2.33. The summed E-state index contributed by atoms with van der Waals surface area (Å²) in [6.07, 6.45) is 5.58. The summed E-state index contributed by atoms with van der Waals surface area (Å²) in [6, 6.07) is 0. The van der Waals surface area contributed by atoms with Gasteiger partial charge in [0, 0.05) is 12.4 Å². The van der Waals surface area contributed by atoms with E-state index in [1.165, 1.54) is 6.08 Å². The number of hydrogen-bond donors (Lipinski definition) is 1. The number of nitrogens with one attached hydrogen (secondary N) is 1. The van der Waals surface area contributed by atoms with Gasteiger partial charge in [0.2, 0.25) is 0 Å². The Morgan fingerprint density at radius 3 is 3.20 bits per heavy atom. The van der Waals surface area contributed by atoms with Gasteiger partial charge in [-0.1, -0.05) is 6.08 Å². The molecule has 52 valence electrons. The molecule has 1 N–H and O–H groups in total. The summed E-state index contributed by atoms with van der Waals surface area (Å²) < 4.78 is 12.9. The van der Waals surface area contributed by atoms with E-state index >= 15 is 0 Å². The van der Waals surface area contributed by atoms with Crippen molar-refractivity contribution < 1.29 is 4.39 Å². The molecule has 10 heavy (non-hydrogen) atoms. The summed E-state index contributed by atoms with van der Waals surface area (Å²) in [5, 5.41) is 2.88. The van der Waals surface area contributed by atoms with Crippen LogP contribution in [0.2, 0.25) is 0 Å². The number of nitrogens with zero attached hydrogens (tertiary/aromatic N) is 1. The topological polar surface area (TPSA) is 24.4 Å². The molecule has 2 heterocycles. The number of fused-ring (bicyclic) bond motifs is 1. The Labute approximate surface area is 58.1 Å². The van der Waals surface area contributed by atoms with Gasteiger partial charge in [-0.2, -0.15) is 0 Å². The lowest BCUT2D eigenvalue weighted by atomic mass is 10.0. The number of aliphatic imine (C=N–C) groups is 1. The zero-order valence-corrected chi connectivity index (χ0v) is 5.29. The molecule has 0 aromatic heterocycles. The summed E-state index contributed by atoms with van der Waals surface area (Å²) in [5.74, 6) is 0.556. The minimum absolute atomic E-state index is 0.162. The van der Waals surface area contributed by atoms with Crippen molar-refractivity contribution in [1.82, 2.24) is 5.32 Å². The van der Waals surface area contributed by atoms with Gasteiger partial charge >= 0.3 is 0 Å². The predicted molar refractivity (Wildman–Crippen MR) is 37.2 cm³/mol. The van der Waals surface area contributed by atoms with Crippen molar-refractivity contribution >= 4 is 5.84 Å². The van der Waals surface area contributed by atoms with E-state index in [0.717, 1.165) is 5.84 Å². The van der Waals surface area contributed by atoms with Gasteiger partial charge in [-0.05, 0) is 6.08 Å². The third-order valence-electron chi connectivity index (χ3n) is 1.68. The Kier molecular flexibility index (Phi) is 1.09. The monoisotopic (exact) mass is 138 g/mol. The zero-order chi connectivity index (χ0) is 6.97. The molecule has 2 atom stereocenters. The molecule has 0 aromatic rings. The summed E-state index contributed by atoms with van der Waals surface area (Å²) in [5.41, 5.74) is 0. The number of amidine groups is 1. The molecule has 0 bridgehead atoms. The fourth-order valence-electron chi connectivity index (χ4n) is 1.13. The zero-order valence-electron chi connectivity index (χ0n) is 5.29. The second-order valence-electron chi connectivity index (χ2n) is 2.33. The van der Waals surface area contributed by atoms with Crippen LogP contribution in [0.1, 0.15) is 0 Å². The Hall–Kier alpha value is -1.12. The second-order valence-corrected chi connectivity index (χ2v) is 2.33. The second kappa shape index (κ2) is 1.94. The maximum absolute atomic E-state index is 12.9. The molecule has 3 heteroatoms. The smallest absolute Gasteiger partial charge is 0.133 e. The number of hydrogen-bond acceptors (Lipinski definition) is 2. The van der Waals surface area contributed by atoms with Crippen molar-refractivity contribution in [2.45, 2.75) is 6.17 Å². The molecule has 0 aromatic carbocycles. The van der Waals surface area contributed by atoms with Gasteiger partial charge in [0.25, 0.3) is 0 Å². The van der Waals surface area contributed by atoms with Crippen LogP contribution in [0, 0.1) is 5.92 Å². The van der Waals surface area contributed by atoms with E-state index < -0.39 is 6.17 Å². The van der Waals surface area contributed by atoms with E-state index in [9.17, 15) is 4.39 Å². The van der Waals surface area contributed by atoms with Crippen molar-refractivity contribution in [2.24, 2.45) is 10.9 Å². The van der Waals surface area contributed by atoms with Crippen molar-refractivity contribution in [3.8, 4) is 0 Å². The largest absolute Gasteiger partial charge is 0.350 e. The normalized spacial score (nSPS) is 35.1.